The number of hydrogen-bond acceptors (Lipinski definition) is 2. The standard InChI is InChI=1S/C25H27N3/c1-2-3-19-25(22-14-8-5-9-15-22,20-18-21-12-6-4-7-13-21)28-24-17-11-10-16-23(24)26-27-28/h4-17H,2-3,18-20H2,1H3. The number of unbranched alkanes of at least 4 members (excludes halogenated alkanes) is 1. The molecule has 4 aromatic rings. The highest BCUT2D eigenvalue weighted by atomic mass is 15.5. The Kier molecular flexibility index (Phi) is 5.52. The van der Waals surface area contributed by atoms with Crippen molar-refractivity contribution in [3.05, 3.63) is 96.1 Å². The topological polar surface area (TPSA) is 30.7 Å². The van der Waals surface area contributed by atoms with Gasteiger partial charge in [0.15, 0.2) is 0 Å². The number of aryl methyl sites for hydroxylation is 1. The van der Waals surface area contributed by atoms with Gasteiger partial charge in [-0.2, -0.15) is 0 Å². The van der Waals surface area contributed by atoms with Crippen molar-refractivity contribution >= 4 is 11.0 Å². The summed E-state index contributed by atoms with van der Waals surface area (Å²) >= 11 is 0. The fourth-order valence-electron chi connectivity index (χ4n) is 4.15. The van der Waals surface area contributed by atoms with E-state index in [-0.39, 0.29) is 5.54 Å². The van der Waals surface area contributed by atoms with Crippen LogP contribution in [0.1, 0.15) is 43.7 Å². The molecule has 0 radical (unpaired) electrons. The van der Waals surface area contributed by atoms with E-state index in [4.69, 9.17) is 0 Å². The molecular formula is C25H27N3. The van der Waals surface area contributed by atoms with Crippen LogP contribution in [0.25, 0.3) is 11.0 Å². The predicted octanol–water partition coefficient (Wildman–Crippen LogP) is 6.00. The fourth-order valence-corrected chi connectivity index (χ4v) is 4.15. The summed E-state index contributed by atoms with van der Waals surface area (Å²) in [6.45, 7) is 2.26. The quantitative estimate of drug-likeness (QED) is 0.381. The molecule has 0 aliphatic carbocycles. The summed E-state index contributed by atoms with van der Waals surface area (Å²) in [7, 11) is 0. The average Bonchev–Trinajstić information content (AvgIpc) is 3.20. The van der Waals surface area contributed by atoms with Gasteiger partial charge in [0, 0.05) is 0 Å². The number of fused-ring (bicyclic) bond motifs is 1. The summed E-state index contributed by atoms with van der Waals surface area (Å²) in [5.41, 5.74) is 4.54. The first-order chi connectivity index (χ1) is 13.8. The highest BCUT2D eigenvalue weighted by molar-refractivity contribution is 5.74. The second-order valence-corrected chi connectivity index (χ2v) is 7.48. The molecule has 0 amide bonds. The maximum atomic E-state index is 4.68. The Morgan fingerprint density at radius 2 is 1.46 bits per heavy atom. The lowest BCUT2D eigenvalue weighted by Crippen LogP contribution is -2.37. The molecule has 3 nitrogen and oxygen atoms in total. The summed E-state index contributed by atoms with van der Waals surface area (Å²) in [6, 6.07) is 29.9. The predicted molar refractivity (Wildman–Crippen MR) is 115 cm³/mol. The third-order valence-corrected chi connectivity index (χ3v) is 5.68. The lowest BCUT2D eigenvalue weighted by atomic mass is 9.80. The molecule has 0 N–H and O–H groups in total. The van der Waals surface area contributed by atoms with Crippen LogP contribution in [-0.4, -0.2) is 15.0 Å². The minimum absolute atomic E-state index is 0.205. The molecule has 4 rings (SSSR count). The van der Waals surface area contributed by atoms with E-state index in [1.54, 1.807) is 0 Å². The summed E-state index contributed by atoms with van der Waals surface area (Å²) < 4.78 is 2.19. The van der Waals surface area contributed by atoms with Gasteiger partial charge >= 0.3 is 0 Å². The molecule has 3 heteroatoms. The molecule has 0 spiro atoms. The van der Waals surface area contributed by atoms with Gasteiger partial charge in [-0.15, -0.1) is 5.10 Å². The average molecular weight is 370 g/mol. The van der Waals surface area contributed by atoms with Crippen LogP contribution in [0.3, 0.4) is 0 Å². The molecule has 0 bridgehead atoms. The second-order valence-electron chi connectivity index (χ2n) is 7.48. The molecule has 1 heterocycles. The van der Waals surface area contributed by atoms with E-state index in [9.17, 15) is 0 Å². The molecule has 0 aliphatic heterocycles. The molecule has 0 saturated heterocycles. The Labute approximate surface area is 167 Å². The van der Waals surface area contributed by atoms with Crippen LogP contribution in [0.2, 0.25) is 0 Å². The van der Waals surface area contributed by atoms with E-state index in [0.29, 0.717) is 0 Å². The van der Waals surface area contributed by atoms with Gasteiger partial charge in [-0.25, -0.2) is 4.68 Å². The summed E-state index contributed by atoms with van der Waals surface area (Å²) in [5.74, 6) is 0. The maximum absolute atomic E-state index is 4.68. The van der Waals surface area contributed by atoms with Gasteiger partial charge in [-0.05, 0) is 42.5 Å². The van der Waals surface area contributed by atoms with Crippen molar-refractivity contribution in [3.63, 3.8) is 0 Å². The molecule has 28 heavy (non-hydrogen) atoms. The molecule has 142 valence electrons. The van der Waals surface area contributed by atoms with Gasteiger partial charge in [0.05, 0.1) is 11.1 Å². The second kappa shape index (κ2) is 8.39. The zero-order valence-electron chi connectivity index (χ0n) is 16.5. The van der Waals surface area contributed by atoms with Gasteiger partial charge in [-0.1, -0.05) is 97.8 Å². The van der Waals surface area contributed by atoms with Crippen LogP contribution in [0.5, 0.6) is 0 Å². The van der Waals surface area contributed by atoms with Crippen molar-refractivity contribution < 1.29 is 0 Å². The van der Waals surface area contributed by atoms with E-state index >= 15 is 0 Å². The first kappa shape index (κ1) is 18.4. The van der Waals surface area contributed by atoms with Crippen molar-refractivity contribution in [1.29, 1.82) is 0 Å². The normalized spacial score (nSPS) is 13.5. The Morgan fingerprint density at radius 1 is 0.786 bits per heavy atom. The molecule has 3 aromatic carbocycles. The van der Waals surface area contributed by atoms with Crippen LogP contribution in [0.4, 0.5) is 0 Å². The highest BCUT2D eigenvalue weighted by Crippen LogP contribution is 2.38. The lowest BCUT2D eigenvalue weighted by molar-refractivity contribution is 0.270. The lowest BCUT2D eigenvalue weighted by Gasteiger charge is -2.35. The molecule has 0 fully saturated rings. The molecular weight excluding hydrogens is 342 g/mol. The first-order valence-electron chi connectivity index (χ1n) is 10.2. The van der Waals surface area contributed by atoms with Crippen LogP contribution < -0.4 is 0 Å². The zero-order valence-corrected chi connectivity index (χ0v) is 16.5. The van der Waals surface area contributed by atoms with Gasteiger partial charge in [0.25, 0.3) is 0 Å². The molecule has 1 unspecified atom stereocenters. The van der Waals surface area contributed by atoms with Crippen LogP contribution in [0, 0.1) is 0 Å². The van der Waals surface area contributed by atoms with Crippen LogP contribution >= 0.6 is 0 Å². The Hall–Kier alpha value is -2.94. The van der Waals surface area contributed by atoms with Crippen LogP contribution in [-0.2, 0) is 12.0 Å². The highest BCUT2D eigenvalue weighted by Gasteiger charge is 2.35. The molecule has 1 aromatic heterocycles. The first-order valence-corrected chi connectivity index (χ1v) is 10.2. The van der Waals surface area contributed by atoms with E-state index < -0.39 is 0 Å². The molecule has 0 aliphatic rings. The third-order valence-electron chi connectivity index (χ3n) is 5.68. The van der Waals surface area contributed by atoms with Crippen molar-refractivity contribution in [1.82, 2.24) is 15.0 Å². The van der Waals surface area contributed by atoms with Crippen LogP contribution in [0.15, 0.2) is 84.9 Å². The number of hydrogen-bond donors (Lipinski definition) is 0. The van der Waals surface area contributed by atoms with E-state index in [1.807, 2.05) is 12.1 Å². The summed E-state index contributed by atoms with van der Waals surface area (Å²) in [5, 5.41) is 9.16. The summed E-state index contributed by atoms with van der Waals surface area (Å²) in [4.78, 5) is 0. The van der Waals surface area contributed by atoms with Crippen molar-refractivity contribution in [2.45, 2.75) is 44.6 Å². The smallest absolute Gasteiger partial charge is 0.113 e. The Balaban J connectivity index is 1.84. The van der Waals surface area contributed by atoms with Crippen molar-refractivity contribution in [3.8, 4) is 0 Å². The SMILES string of the molecule is CCCCC(CCc1ccccc1)(c1ccccc1)n1nnc2ccccc21. The fraction of sp³-hybridized carbons (Fsp3) is 0.280. The number of nitrogens with zero attached hydrogens (tertiary/aromatic N) is 3. The Bertz CT molecular complexity index is 1010. The van der Waals surface area contributed by atoms with Crippen molar-refractivity contribution in [2.24, 2.45) is 0 Å². The minimum Gasteiger partial charge on any atom is -0.234 e. The number of benzene rings is 3. The third kappa shape index (κ3) is 3.57. The molecule has 0 saturated carbocycles. The summed E-state index contributed by atoms with van der Waals surface area (Å²) in [6.07, 6.45) is 5.36. The van der Waals surface area contributed by atoms with Gasteiger partial charge in [0.1, 0.15) is 5.52 Å². The van der Waals surface area contributed by atoms with E-state index in [1.165, 1.54) is 11.1 Å². The maximum Gasteiger partial charge on any atom is 0.113 e. The number of rotatable bonds is 8. The van der Waals surface area contributed by atoms with Gasteiger partial charge < -0.3 is 0 Å². The zero-order chi connectivity index (χ0) is 19.2. The van der Waals surface area contributed by atoms with Crippen molar-refractivity contribution in [2.75, 3.05) is 0 Å². The molecule has 1 atom stereocenters. The number of aromatic nitrogens is 3. The minimum atomic E-state index is -0.205. The largest absolute Gasteiger partial charge is 0.234 e. The van der Waals surface area contributed by atoms with E-state index in [0.717, 1.165) is 43.1 Å². The number of para-hydroxylation sites is 1. The van der Waals surface area contributed by atoms with Gasteiger partial charge in [0.2, 0.25) is 0 Å². The Morgan fingerprint density at radius 3 is 2.21 bits per heavy atom. The monoisotopic (exact) mass is 369 g/mol. The van der Waals surface area contributed by atoms with Gasteiger partial charge in [-0.3, -0.25) is 0 Å². The van der Waals surface area contributed by atoms with E-state index in [2.05, 4.69) is 94.7 Å².